The molecular formula is C17H17F3N4O. The number of halogens is 3. The third kappa shape index (κ3) is 4.48. The number of carbonyl (C=O) groups excluding carboxylic acids is 1. The number of anilines is 2. The van der Waals surface area contributed by atoms with Crippen LogP contribution in [0.25, 0.3) is 0 Å². The second-order valence-electron chi connectivity index (χ2n) is 5.75. The number of nitrogens with zero attached hydrogens (tertiary/aromatic N) is 3. The van der Waals surface area contributed by atoms with Gasteiger partial charge >= 0.3 is 0 Å². The molecule has 2 aromatic rings. The van der Waals surface area contributed by atoms with Crippen LogP contribution in [0.3, 0.4) is 0 Å². The molecule has 1 aromatic heterocycles. The monoisotopic (exact) mass is 350 g/mol. The molecule has 0 spiro atoms. The fourth-order valence-electron chi connectivity index (χ4n) is 2.69. The molecular weight excluding hydrogens is 333 g/mol. The summed E-state index contributed by atoms with van der Waals surface area (Å²) in [5, 5.41) is 2.44. The number of amides is 1. The van der Waals surface area contributed by atoms with E-state index < -0.39 is 17.6 Å². The highest BCUT2D eigenvalue weighted by molar-refractivity contribution is 5.92. The van der Waals surface area contributed by atoms with Crippen LogP contribution < -0.4 is 10.2 Å². The van der Waals surface area contributed by atoms with Gasteiger partial charge < -0.3 is 10.2 Å². The van der Waals surface area contributed by atoms with Crippen molar-refractivity contribution in [3.8, 4) is 0 Å². The lowest BCUT2D eigenvalue weighted by atomic mass is 10.2. The van der Waals surface area contributed by atoms with Crippen LogP contribution in [-0.4, -0.2) is 48.5 Å². The Morgan fingerprint density at radius 1 is 1.08 bits per heavy atom. The third-order valence-electron chi connectivity index (χ3n) is 3.97. The van der Waals surface area contributed by atoms with Gasteiger partial charge in [0.1, 0.15) is 17.5 Å². The first kappa shape index (κ1) is 17.2. The van der Waals surface area contributed by atoms with Gasteiger partial charge in [-0.15, -0.1) is 0 Å². The van der Waals surface area contributed by atoms with E-state index in [1.807, 2.05) is 9.80 Å². The van der Waals surface area contributed by atoms with Crippen molar-refractivity contribution >= 4 is 17.4 Å². The van der Waals surface area contributed by atoms with E-state index in [-0.39, 0.29) is 18.1 Å². The van der Waals surface area contributed by atoms with Gasteiger partial charge in [0.05, 0.1) is 12.2 Å². The minimum atomic E-state index is -0.810. The van der Waals surface area contributed by atoms with Crippen LogP contribution in [0.15, 0.2) is 36.4 Å². The van der Waals surface area contributed by atoms with Gasteiger partial charge in [-0.1, -0.05) is 6.07 Å². The number of aromatic nitrogens is 1. The topological polar surface area (TPSA) is 48.5 Å². The van der Waals surface area contributed by atoms with Gasteiger partial charge in [0.25, 0.3) is 0 Å². The van der Waals surface area contributed by atoms with Crippen LogP contribution in [0, 0.1) is 17.6 Å². The van der Waals surface area contributed by atoms with Gasteiger partial charge in [-0.2, -0.15) is 4.39 Å². The second-order valence-corrected chi connectivity index (χ2v) is 5.75. The molecule has 0 atom stereocenters. The molecule has 0 bridgehead atoms. The molecule has 25 heavy (non-hydrogen) atoms. The quantitative estimate of drug-likeness (QED) is 0.860. The van der Waals surface area contributed by atoms with E-state index in [1.165, 1.54) is 12.1 Å². The maximum Gasteiger partial charge on any atom is 0.238 e. The molecule has 132 valence electrons. The molecule has 1 N–H and O–H groups in total. The molecule has 5 nitrogen and oxygen atoms in total. The number of piperazine rings is 1. The zero-order chi connectivity index (χ0) is 17.8. The predicted octanol–water partition coefficient (Wildman–Crippen LogP) is 2.26. The van der Waals surface area contributed by atoms with Gasteiger partial charge in [-0.05, 0) is 24.3 Å². The number of rotatable bonds is 4. The summed E-state index contributed by atoms with van der Waals surface area (Å²) >= 11 is 0. The Labute approximate surface area is 143 Å². The normalized spacial score (nSPS) is 15.2. The van der Waals surface area contributed by atoms with E-state index in [4.69, 9.17) is 0 Å². The smallest absolute Gasteiger partial charge is 0.238 e. The zero-order valence-corrected chi connectivity index (χ0v) is 13.4. The molecule has 1 fully saturated rings. The van der Waals surface area contributed by atoms with Crippen molar-refractivity contribution in [2.75, 3.05) is 42.9 Å². The number of hydrogen-bond acceptors (Lipinski definition) is 4. The second kappa shape index (κ2) is 7.52. The third-order valence-corrected chi connectivity index (χ3v) is 3.97. The Morgan fingerprint density at radius 3 is 2.52 bits per heavy atom. The maximum atomic E-state index is 13.5. The lowest BCUT2D eigenvalue weighted by molar-refractivity contribution is -0.117. The molecule has 1 aliphatic heterocycles. The first-order valence-corrected chi connectivity index (χ1v) is 7.86. The minimum absolute atomic E-state index is 0.0472. The fraction of sp³-hybridized carbons (Fsp3) is 0.294. The lowest BCUT2D eigenvalue weighted by Crippen LogP contribution is -2.49. The summed E-state index contributed by atoms with van der Waals surface area (Å²) in [4.78, 5) is 19.7. The van der Waals surface area contributed by atoms with Crippen LogP contribution in [0.5, 0.6) is 0 Å². The van der Waals surface area contributed by atoms with Crippen molar-refractivity contribution < 1.29 is 18.0 Å². The number of benzene rings is 1. The highest BCUT2D eigenvalue weighted by Crippen LogP contribution is 2.16. The maximum absolute atomic E-state index is 13.5. The molecule has 8 heteroatoms. The van der Waals surface area contributed by atoms with Crippen molar-refractivity contribution in [3.63, 3.8) is 0 Å². The Balaban J connectivity index is 1.51. The Kier molecular flexibility index (Phi) is 5.18. The molecule has 0 radical (unpaired) electrons. The number of pyridine rings is 1. The fourth-order valence-corrected chi connectivity index (χ4v) is 2.69. The highest BCUT2D eigenvalue weighted by atomic mass is 19.1. The van der Waals surface area contributed by atoms with E-state index >= 15 is 0 Å². The van der Waals surface area contributed by atoms with E-state index in [9.17, 15) is 18.0 Å². The molecule has 1 aliphatic rings. The van der Waals surface area contributed by atoms with Gasteiger partial charge in [0, 0.05) is 32.2 Å². The van der Waals surface area contributed by atoms with E-state index in [0.717, 1.165) is 12.1 Å². The summed E-state index contributed by atoms with van der Waals surface area (Å²) in [7, 11) is 0. The van der Waals surface area contributed by atoms with E-state index in [2.05, 4.69) is 10.3 Å². The van der Waals surface area contributed by atoms with Crippen LogP contribution in [0.1, 0.15) is 0 Å². The first-order chi connectivity index (χ1) is 12.0. The summed E-state index contributed by atoms with van der Waals surface area (Å²) in [5.41, 5.74) is -0.0472. The van der Waals surface area contributed by atoms with Crippen molar-refractivity contribution in [2.24, 2.45) is 0 Å². The average Bonchev–Trinajstić information content (AvgIpc) is 2.58. The summed E-state index contributed by atoms with van der Waals surface area (Å²) in [6, 6.07) is 7.64. The summed E-state index contributed by atoms with van der Waals surface area (Å²) < 4.78 is 39.6. The van der Waals surface area contributed by atoms with Gasteiger partial charge in [0.2, 0.25) is 11.9 Å². The van der Waals surface area contributed by atoms with Crippen molar-refractivity contribution in [2.45, 2.75) is 0 Å². The molecule has 2 heterocycles. The van der Waals surface area contributed by atoms with Crippen LogP contribution in [-0.2, 0) is 4.79 Å². The Morgan fingerprint density at radius 2 is 1.84 bits per heavy atom. The summed E-state index contributed by atoms with van der Waals surface area (Å²) in [6.45, 7) is 2.50. The standard InChI is InChI=1S/C17H17F3N4O/c18-12-4-5-14(13(19)10-12)21-17(25)11-23-6-8-24(9-7-23)16-3-1-2-15(20)22-16/h1-5,10H,6-9,11H2,(H,21,25). The molecule has 3 rings (SSSR count). The van der Waals surface area contributed by atoms with E-state index in [0.29, 0.717) is 32.0 Å². The van der Waals surface area contributed by atoms with E-state index in [1.54, 1.807) is 12.1 Å². The van der Waals surface area contributed by atoms with Gasteiger partial charge in [0.15, 0.2) is 0 Å². The molecule has 0 saturated carbocycles. The number of carbonyl (C=O) groups is 1. The Bertz CT molecular complexity index is 763. The number of hydrogen-bond donors (Lipinski definition) is 1. The van der Waals surface area contributed by atoms with Gasteiger partial charge in [-0.25, -0.2) is 13.8 Å². The van der Waals surface area contributed by atoms with Crippen molar-refractivity contribution in [3.05, 3.63) is 54.0 Å². The summed E-state index contributed by atoms with van der Waals surface area (Å²) in [5.74, 6) is -1.84. The first-order valence-electron chi connectivity index (χ1n) is 7.86. The minimum Gasteiger partial charge on any atom is -0.354 e. The number of nitrogens with one attached hydrogen (secondary N) is 1. The molecule has 1 amide bonds. The SMILES string of the molecule is O=C(CN1CCN(c2cccc(F)n2)CC1)Nc1ccc(F)cc1F. The molecule has 0 aliphatic carbocycles. The van der Waals surface area contributed by atoms with Crippen LogP contribution >= 0.6 is 0 Å². The van der Waals surface area contributed by atoms with Crippen LogP contribution in [0.4, 0.5) is 24.7 Å². The van der Waals surface area contributed by atoms with Gasteiger partial charge in [-0.3, -0.25) is 9.69 Å². The summed E-state index contributed by atoms with van der Waals surface area (Å²) in [6.07, 6.45) is 0. The molecule has 1 aromatic carbocycles. The van der Waals surface area contributed by atoms with Crippen molar-refractivity contribution in [1.82, 2.24) is 9.88 Å². The van der Waals surface area contributed by atoms with Crippen LogP contribution in [0.2, 0.25) is 0 Å². The molecule has 0 unspecified atom stereocenters. The zero-order valence-electron chi connectivity index (χ0n) is 13.4. The lowest BCUT2D eigenvalue weighted by Gasteiger charge is -2.34. The Hall–Kier alpha value is -2.61. The van der Waals surface area contributed by atoms with Crippen molar-refractivity contribution in [1.29, 1.82) is 0 Å². The average molecular weight is 350 g/mol. The highest BCUT2D eigenvalue weighted by Gasteiger charge is 2.20. The largest absolute Gasteiger partial charge is 0.354 e. The predicted molar refractivity (Wildman–Crippen MR) is 87.8 cm³/mol. The molecule has 1 saturated heterocycles.